The van der Waals surface area contributed by atoms with Crippen molar-refractivity contribution in [3.8, 4) is 0 Å². The average Bonchev–Trinajstić information content (AvgIpc) is 2.31. The number of sulfone groups is 1. The zero-order valence-electron chi connectivity index (χ0n) is 9.94. The van der Waals surface area contributed by atoms with Gasteiger partial charge in [-0.1, -0.05) is 0 Å². The quantitative estimate of drug-likeness (QED) is 0.907. The van der Waals surface area contributed by atoms with Gasteiger partial charge in [0.05, 0.1) is 23.4 Å². The molecule has 1 aliphatic rings. The minimum atomic E-state index is -4.45. The maximum absolute atomic E-state index is 12.3. The van der Waals surface area contributed by atoms with Crippen molar-refractivity contribution in [1.82, 2.24) is 4.98 Å². The molecule has 0 atom stereocenters. The molecule has 1 N–H and O–H groups in total. The summed E-state index contributed by atoms with van der Waals surface area (Å²) in [6.07, 6.45) is -2.41. The van der Waals surface area contributed by atoms with E-state index in [9.17, 15) is 21.6 Å². The first-order valence-corrected chi connectivity index (χ1v) is 7.59. The zero-order chi connectivity index (χ0) is 14.1. The Morgan fingerprint density at radius 2 is 1.84 bits per heavy atom. The summed E-state index contributed by atoms with van der Waals surface area (Å²) in [5.74, 6) is 0.220. The molecule has 1 aliphatic heterocycles. The van der Waals surface area contributed by atoms with Gasteiger partial charge in [0.25, 0.3) is 0 Å². The van der Waals surface area contributed by atoms with Gasteiger partial charge in [0.1, 0.15) is 15.5 Å². The third-order valence-electron chi connectivity index (χ3n) is 2.98. The second-order valence-electron chi connectivity index (χ2n) is 4.50. The predicted octanol–water partition coefficient (Wildman–Crippen LogP) is 2.09. The molecule has 2 heterocycles. The Kier molecular flexibility index (Phi) is 3.71. The van der Waals surface area contributed by atoms with E-state index < -0.39 is 21.7 Å². The summed E-state index contributed by atoms with van der Waals surface area (Å²) in [7, 11) is -2.94. The molecule has 0 aromatic carbocycles. The molecule has 1 saturated heterocycles. The highest BCUT2D eigenvalue weighted by atomic mass is 32.2. The summed E-state index contributed by atoms with van der Waals surface area (Å²) >= 11 is 0. The Balaban J connectivity index is 1.97. The normalized spacial score (nSPS) is 20.2. The topological polar surface area (TPSA) is 59.1 Å². The fourth-order valence-corrected chi connectivity index (χ4v) is 3.41. The van der Waals surface area contributed by atoms with Gasteiger partial charge in [0, 0.05) is 6.04 Å². The molecule has 0 bridgehead atoms. The Labute approximate surface area is 109 Å². The van der Waals surface area contributed by atoms with Crippen molar-refractivity contribution in [2.24, 2.45) is 0 Å². The van der Waals surface area contributed by atoms with Crippen molar-refractivity contribution >= 4 is 15.5 Å². The lowest BCUT2D eigenvalue weighted by atomic mass is 10.1. The highest BCUT2D eigenvalue weighted by Crippen LogP contribution is 2.28. The fourth-order valence-electron chi connectivity index (χ4n) is 1.92. The number of rotatable bonds is 2. The van der Waals surface area contributed by atoms with Crippen LogP contribution < -0.4 is 5.32 Å². The molecule has 106 valence electrons. The van der Waals surface area contributed by atoms with E-state index in [0.29, 0.717) is 18.5 Å². The van der Waals surface area contributed by atoms with E-state index in [1.54, 1.807) is 0 Å². The number of hydrogen-bond donors (Lipinski definition) is 1. The molecule has 0 saturated carbocycles. The van der Waals surface area contributed by atoms with E-state index >= 15 is 0 Å². The number of alkyl halides is 3. The average molecular weight is 294 g/mol. The van der Waals surface area contributed by atoms with Crippen LogP contribution >= 0.6 is 0 Å². The van der Waals surface area contributed by atoms with Crippen LogP contribution in [0, 0.1) is 0 Å². The maximum atomic E-state index is 12.3. The standard InChI is InChI=1S/C11H13F3N2O2S/c12-11(13,14)10-2-1-9(7-15-10)16-8-3-5-19(17,18)6-4-8/h1-2,7-8,16H,3-6H2. The molecule has 1 aromatic heterocycles. The first kappa shape index (κ1) is 14.1. The van der Waals surface area contributed by atoms with E-state index in [1.807, 2.05) is 0 Å². The number of hydrogen-bond acceptors (Lipinski definition) is 4. The van der Waals surface area contributed by atoms with Gasteiger partial charge in [0.15, 0.2) is 0 Å². The van der Waals surface area contributed by atoms with E-state index in [2.05, 4.69) is 10.3 Å². The van der Waals surface area contributed by atoms with E-state index in [1.165, 1.54) is 6.07 Å². The summed E-state index contributed by atoms with van der Waals surface area (Å²) in [5.41, 5.74) is -0.471. The van der Waals surface area contributed by atoms with Crippen molar-refractivity contribution < 1.29 is 21.6 Å². The fraction of sp³-hybridized carbons (Fsp3) is 0.545. The number of aromatic nitrogens is 1. The summed E-state index contributed by atoms with van der Waals surface area (Å²) in [4.78, 5) is 3.34. The zero-order valence-corrected chi connectivity index (χ0v) is 10.8. The van der Waals surface area contributed by atoms with Gasteiger partial charge in [-0.2, -0.15) is 13.2 Å². The number of halogens is 3. The first-order valence-electron chi connectivity index (χ1n) is 5.76. The summed E-state index contributed by atoms with van der Waals surface area (Å²) in [5, 5.41) is 3.00. The van der Waals surface area contributed by atoms with Crippen molar-refractivity contribution in [2.75, 3.05) is 16.8 Å². The van der Waals surface area contributed by atoms with Crippen LogP contribution in [0.5, 0.6) is 0 Å². The second-order valence-corrected chi connectivity index (χ2v) is 6.80. The third-order valence-corrected chi connectivity index (χ3v) is 4.69. The van der Waals surface area contributed by atoms with Gasteiger partial charge in [0.2, 0.25) is 0 Å². The molecule has 0 radical (unpaired) electrons. The summed E-state index contributed by atoms with van der Waals surface area (Å²) in [6, 6.07) is 2.17. The minimum absolute atomic E-state index is 0.0398. The number of anilines is 1. The lowest BCUT2D eigenvalue weighted by Crippen LogP contribution is -2.32. The molecule has 1 fully saturated rings. The molecule has 8 heteroatoms. The number of nitrogens with one attached hydrogen (secondary N) is 1. The molecule has 0 spiro atoms. The molecule has 0 aliphatic carbocycles. The van der Waals surface area contributed by atoms with Crippen molar-refractivity contribution in [1.29, 1.82) is 0 Å². The van der Waals surface area contributed by atoms with Gasteiger partial charge in [-0.3, -0.25) is 0 Å². The van der Waals surface area contributed by atoms with E-state index in [-0.39, 0.29) is 17.5 Å². The molecule has 2 rings (SSSR count). The number of nitrogens with zero attached hydrogens (tertiary/aromatic N) is 1. The second kappa shape index (κ2) is 4.99. The number of pyridine rings is 1. The van der Waals surface area contributed by atoms with Gasteiger partial charge in [-0.15, -0.1) is 0 Å². The van der Waals surface area contributed by atoms with Crippen LogP contribution in [0.25, 0.3) is 0 Å². The first-order chi connectivity index (χ1) is 8.76. The summed E-state index contributed by atoms with van der Waals surface area (Å²) < 4.78 is 59.4. The lowest BCUT2D eigenvalue weighted by molar-refractivity contribution is -0.141. The van der Waals surface area contributed by atoms with Crippen LogP contribution in [0.3, 0.4) is 0 Å². The van der Waals surface area contributed by atoms with Gasteiger partial charge >= 0.3 is 6.18 Å². The van der Waals surface area contributed by atoms with Crippen LogP contribution in [0.4, 0.5) is 18.9 Å². The molecular weight excluding hydrogens is 281 g/mol. The Morgan fingerprint density at radius 1 is 1.21 bits per heavy atom. The Bertz CT molecular complexity index is 526. The van der Waals surface area contributed by atoms with Crippen LogP contribution in [-0.2, 0) is 16.0 Å². The molecule has 4 nitrogen and oxygen atoms in total. The van der Waals surface area contributed by atoms with Crippen molar-refractivity contribution in [3.05, 3.63) is 24.0 Å². The highest BCUT2D eigenvalue weighted by Gasteiger charge is 2.32. The van der Waals surface area contributed by atoms with Crippen LogP contribution in [0.2, 0.25) is 0 Å². The molecule has 1 aromatic rings. The smallest absolute Gasteiger partial charge is 0.381 e. The highest BCUT2D eigenvalue weighted by molar-refractivity contribution is 7.91. The Morgan fingerprint density at radius 3 is 2.32 bits per heavy atom. The van der Waals surface area contributed by atoms with Crippen molar-refractivity contribution in [2.45, 2.75) is 25.1 Å². The Hall–Kier alpha value is -1.31. The van der Waals surface area contributed by atoms with Crippen LogP contribution in [-0.4, -0.2) is 30.9 Å². The molecule has 0 amide bonds. The van der Waals surface area contributed by atoms with E-state index in [0.717, 1.165) is 12.3 Å². The van der Waals surface area contributed by atoms with Gasteiger partial charge < -0.3 is 5.32 Å². The van der Waals surface area contributed by atoms with Crippen molar-refractivity contribution in [3.63, 3.8) is 0 Å². The maximum Gasteiger partial charge on any atom is 0.433 e. The largest absolute Gasteiger partial charge is 0.433 e. The van der Waals surface area contributed by atoms with Gasteiger partial charge in [-0.25, -0.2) is 13.4 Å². The lowest BCUT2D eigenvalue weighted by Gasteiger charge is -2.23. The third kappa shape index (κ3) is 3.82. The van der Waals surface area contributed by atoms with E-state index in [4.69, 9.17) is 0 Å². The monoisotopic (exact) mass is 294 g/mol. The molecule has 19 heavy (non-hydrogen) atoms. The predicted molar refractivity (Wildman–Crippen MR) is 64.5 cm³/mol. The SMILES string of the molecule is O=S1(=O)CCC(Nc2ccc(C(F)(F)F)nc2)CC1. The summed E-state index contributed by atoms with van der Waals surface area (Å²) in [6.45, 7) is 0. The van der Waals surface area contributed by atoms with Crippen LogP contribution in [0.15, 0.2) is 18.3 Å². The van der Waals surface area contributed by atoms with Crippen LogP contribution in [0.1, 0.15) is 18.5 Å². The molecule has 0 unspecified atom stereocenters. The minimum Gasteiger partial charge on any atom is -0.381 e. The molecular formula is C11H13F3N2O2S. The van der Waals surface area contributed by atoms with Gasteiger partial charge in [-0.05, 0) is 25.0 Å².